The first-order chi connectivity index (χ1) is 15.8. The largest absolute Gasteiger partial charge is 0.453 e. The summed E-state index contributed by atoms with van der Waals surface area (Å²) in [5.41, 5.74) is 1.89. The van der Waals surface area contributed by atoms with Crippen molar-refractivity contribution >= 4 is 45.1 Å². The lowest BCUT2D eigenvalue weighted by atomic mass is 9.97. The van der Waals surface area contributed by atoms with E-state index >= 15 is 0 Å². The van der Waals surface area contributed by atoms with Crippen LogP contribution in [0, 0.1) is 0 Å². The molecule has 2 aliphatic rings. The van der Waals surface area contributed by atoms with Gasteiger partial charge in [0.05, 0.1) is 37.5 Å². The Labute approximate surface area is 219 Å². The number of nitrogens with zero attached hydrogens (tertiary/aromatic N) is 4. The van der Waals surface area contributed by atoms with Gasteiger partial charge in [-0.15, -0.1) is 0 Å². The molecule has 0 aliphatic carbocycles. The summed E-state index contributed by atoms with van der Waals surface area (Å²) in [6.07, 6.45) is 2.19. The maximum absolute atomic E-state index is 13.2. The van der Waals surface area contributed by atoms with Crippen LogP contribution in [0.5, 0.6) is 0 Å². The van der Waals surface area contributed by atoms with Gasteiger partial charge >= 0.3 is 12.1 Å². The normalized spacial score (nSPS) is 18.6. The zero-order chi connectivity index (χ0) is 23.6. The van der Waals surface area contributed by atoms with Gasteiger partial charge in [0.15, 0.2) is 0 Å². The van der Waals surface area contributed by atoms with Gasteiger partial charge in [0.2, 0.25) is 5.95 Å². The fourth-order valence-corrected chi connectivity index (χ4v) is 4.44. The molecule has 2 aromatic rings. The molecule has 1 aromatic carbocycles. The molecule has 192 valence electrons. The molecule has 2 aliphatic heterocycles. The van der Waals surface area contributed by atoms with Crippen LogP contribution in [0.4, 0.5) is 15.5 Å². The number of aromatic nitrogens is 2. The van der Waals surface area contributed by atoms with Crippen LogP contribution in [0.25, 0.3) is 0 Å². The van der Waals surface area contributed by atoms with Gasteiger partial charge < -0.3 is 30.3 Å². The molecule has 0 bridgehead atoms. The van der Waals surface area contributed by atoms with E-state index in [4.69, 9.17) is 4.74 Å². The summed E-state index contributed by atoms with van der Waals surface area (Å²) >= 11 is 0. The zero-order valence-corrected chi connectivity index (χ0v) is 22.1. The highest BCUT2D eigenvalue weighted by atomic mass is 32.1. The number of rotatable bonds is 5. The van der Waals surface area contributed by atoms with Crippen LogP contribution < -0.4 is 10.6 Å². The smallest absolute Gasteiger partial charge is 0.409 e. The summed E-state index contributed by atoms with van der Waals surface area (Å²) in [4.78, 5) is 37.3. The minimum Gasteiger partial charge on any atom is -0.453 e. The van der Waals surface area contributed by atoms with Gasteiger partial charge in [0, 0.05) is 30.9 Å². The fraction of sp³-hybridized carbons (Fsp3) is 0.478. The van der Waals surface area contributed by atoms with Crippen molar-refractivity contribution in [1.82, 2.24) is 25.1 Å². The molecule has 1 saturated heterocycles. The van der Waals surface area contributed by atoms with Crippen LogP contribution in [-0.2, 0) is 16.8 Å². The highest BCUT2D eigenvalue weighted by molar-refractivity contribution is 7.59. The van der Waals surface area contributed by atoms with Crippen LogP contribution in [0.15, 0.2) is 36.5 Å². The Morgan fingerprint density at radius 1 is 1.26 bits per heavy atom. The Morgan fingerprint density at radius 3 is 2.63 bits per heavy atom. The first-order valence-corrected chi connectivity index (χ1v) is 11.0. The second-order valence-corrected chi connectivity index (χ2v) is 8.84. The monoisotopic (exact) mass is 522 g/mol. The Bertz CT molecular complexity index is 1030. The number of methoxy groups -OCH3 is 1. The molecule has 0 spiro atoms. The number of carbonyl (C=O) groups is 2. The summed E-state index contributed by atoms with van der Waals surface area (Å²) in [6.45, 7) is 5.18. The predicted octanol–water partition coefficient (Wildman–Crippen LogP) is 2.45. The molecule has 3 heterocycles. The molecule has 10 nitrogen and oxygen atoms in total. The van der Waals surface area contributed by atoms with Crippen molar-refractivity contribution < 1.29 is 19.4 Å². The van der Waals surface area contributed by atoms with Crippen molar-refractivity contribution in [2.24, 2.45) is 0 Å². The zero-order valence-electron chi connectivity index (χ0n) is 20.1. The third kappa shape index (κ3) is 5.93. The summed E-state index contributed by atoms with van der Waals surface area (Å²) < 4.78 is 4.78. The number of anilines is 1. The number of aliphatic hydroxyl groups excluding tert-OH is 1. The van der Waals surface area contributed by atoms with Gasteiger partial charge in [-0.2, -0.15) is 27.0 Å². The summed E-state index contributed by atoms with van der Waals surface area (Å²) in [5, 5.41) is 16.0. The van der Waals surface area contributed by atoms with E-state index in [1.165, 1.54) is 7.11 Å². The summed E-state index contributed by atoms with van der Waals surface area (Å²) in [5.74, 6) is 0.473. The summed E-state index contributed by atoms with van der Waals surface area (Å²) in [7, 11) is 1.37. The van der Waals surface area contributed by atoms with E-state index in [-0.39, 0.29) is 51.8 Å². The molecular formula is C23H34N6O4S2. The number of carbonyl (C=O) groups excluding carboxylic acids is 2. The van der Waals surface area contributed by atoms with Gasteiger partial charge in [-0.3, -0.25) is 0 Å². The third-order valence-electron chi connectivity index (χ3n) is 6.39. The minimum absolute atomic E-state index is 0. The molecule has 0 radical (unpaired) electrons. The van der Waals surface area contributed by atoms with Gasteiger partial charge in [-0.05, 0) is 25.8 Å². The first kappa shape index (κ1) is 28.5. The Balaban J connectivity index is 0.00000216. The predicted molar refractivity (Wildman–Crippen MR) is 142 cm³/mol. The quantitative estimate of drug-likeness (QED) is 0.552. The van der Waals surface area contributed by atoms with E-state index in [1.807, 2.05) is 44.2 Å². The number of amides is 3. The Kier molecular flexibility index (Phi) is 9.64. The van der Waals surface area contributed by atoms with E-state index in [2.05, 4.69) is 20.6 Å². The maximum atomic E-state index is 13.2. The van der Waals surface area contributed by atoms with Gasteiger partial charge in [-0.1, -0.05) is 30.3 Å². The van der Waals surface area contributed by atoms with Crippen LogP contribution in [0.1, 0.15) is 43.1 Å². The number of likely N-dealkylation sites (tertiary alicyclic amines) is 1. The molecule has 1 aromatic heterocycles. The van der Waals surface area contributed by atoms with Crippen LogP contribution in [0.3, 0.4) is 0 Å². The number of hydrogen-bond donors (Lipinski definition) is 3. The molecule has 3 N–H and O–H groups in total. The van der Waals surface area contributed by atoms with Crippen molar-refractivity contribution in [2.45, 2.75) is 44.4 Å². The first-order valence-electron chi connectivity index (χ1n) is 11.0. The highest BCUT2D eigenvalue weighted by Crippen LogP contribution is 2.38. The molecule has 4 rings (SSSR count). The number of ether oxygens (including phenoxy) is 1. The van der Waals surface area contributed by atoms with E-state index in [9.17, 15) is 14.7 Å². The molecular weight excluding hydrogens is 488 g/mol. The molecule has 0 saturated carbocycles. The lowest BCUT2D eigenvalue weighted by Gasteiger charge is -2.33. The molecule has 12 heteroatoms. The maximum Gasteiger partial charge on any atom is 0.409 e. The van der Waals surface area contributed by atoms with E-state index < -0.39 is 11.6 Å². The van der Waals surface area contributed by atoms with E-state index in [0.29, 0.717) is 25.6 Å². The average molecular weight is 523 g/mol. The number of benzene rings is 1. The number of nitrogens with one attached hydrogen (secondary N) is 2. The number of aliphatic hydroxyl groups is 1. The van der Waals surface area contributed by atoms with Crippen molar-refractivity contribution in [1.29, 1.82) is 0 Å². The van der Waals surface area contributed by atoms with Crippen molar-refractivity contribution in [3.63, 3.8) is 0 Å². The lowest BCUT2D eigenvalue weighted by molar-refractivity contribution is 0.132. The van der Waals surface area contributed by atoms with Crippen molar-refractivity contribution in [3.8, 4) is 0 Å². The third-order valence-corrected chi connectivity index (χ3v) is 6.39. The second-order valence-electron chi connectivity index (χ2n) is 8.84. The molecule has 3 amide bonds. The van der Waals surface area contributed by atoms with Gasteiger partial charge in [-0.25, -0.2) is 19.6 Å². The van der Waals surface area contributed by atoms with Crippen molar-refractivity contribution in [2.75, 3.05) is 32.1 Å². The number of fused-ring (bicyclic) bond motifs is 1. The van der Waals surface area contributed by atoms with E-state index in [0.717, 1.165) is 23.2 Å². The van der Waals surface area contributed by atoms with Crippen LogP contribution in [-0.4, -0.2) is 69.8 Å². The second kappa shape index (κ2) is 11.8. The SMILES string of the molecule is COC(=O)N1CC[C@H](Nc2ncc3c(n2)CN(C(=O)N[C@H](CO)c2ccccc2)C3(C)C)C1.S.S. The summed E-state index contributed by atoms with van der Waals surface area (Å²) in [6, 6.07) is 8.64. The van der Waals surface area contributed by atoms with Crippen LogP contribution >= 0.6 is 27.0 Å². The van der Waals surface area contributed by atoms with Crippen molar-refractivity contribution in [3.05, 3.63) is 53.3 Å². The Morgan fingerprint density at radius 2 is 1.97 bits per heavy atom. The molecule has 1 fully saturated rings. The number of urea groups is 1. The molecule has 35 heavy (non-hydrogen) atoms. The van der Waals surface area contributed by atoms with Crippen LogP contribution in [0.2, 0.25) is 0 Å². The number of hydrogen-bond acceptors (Lipinski definition) is 7. The lowest BCUT2D eigenvalue weighted by Crippen LogP contribution is -2.47. The van der Waals surface area contributed by atoms with Gasteiger partial charge in [0.1, 0.15) is 0 Å². The van der Waals surface area contributed by atoms with E-state index in [1.54, 1.807) is 16.0 Å². The minimum atomic E-state index is -0.607. The van der Waals surface area contributed by atoms with Gasteiger partial charge in [0.25, 0.3) is 0 Å². The molecule has 2 atom stereocenters. The fourth-order valence-electron chi connectivity index (χ4n) is 4.44. The average Bonchev–Trinajstić information content (AvgIpc) is 3.39. The standard InChI is InChI=1S/C23H30N6O4.2H2S/c1-23(2)17-11-24-20(25-16-9-10-28(12-16)22(32)33-3)26-18(17)13-29(23)21(31)27-19(14-30)15-7-5-4-6-8-15;;/h4-8,11,16,19,30H,9-10,12-14H2,1-3H3,(H,27,31)(H,24,25,26);2*1H2/t16-,19+;;/m0../s1. The molecule has 0 unspecified atom stereocenters. The topological polar surface area (TPSA) is 120 Å². The highest BCUT2D eigenvalue weighted by Gasteiger charge is 2.42. The Hall–Kier alpha value is -2.70.